The fourth-order valence-electron chi connectivity index (χ4n) is 2.75. The van der Waals surface area contributed by atoms with Gasteiger partial charge in [-0.05, 0) is 26.6 Å². The largest absolute Gasteiger partial charge is 0.333 e. The smallest absolute Gasteiger partial charge is 0.279 e. The lowest BCUT2D eigenvalue weighted by molar-refractivity contribution is -0.395. The van der Waals surface area contributed by atoms with Gasteiger partial charge >= 0.3 is 0 Å². The van der Waals surface area contributed by atoms with Gasteiger partial charge in [0.15, 0.2) is 0 Å². The number of benzene rings is 2. The fraction of sp³-hybridized carbons (Fsp3) is 0.316. The Labute approximate surface area is 162 Å². The number of carbonyl (C=O) groups excluding carboxylic acids is 1. The predicted molar refractivity (Wildman–Crippen MR) is 104 cm³/mol. The molecule has 9 heteroatoms. The molecule has 2 aromatic carbocycles. The van der Waals surface area contributed by atoms with E-state index in [1.165, 1.54) is 11.8 Å². The molecule has 0 N–H and O–H groups in total. The molecule has 0 saturated carbocycles. The number of nitrogens with zero attached hydrogens (tertiary/aromatic N) is 4. The molecule has 1 amide bonds. The maximum Gasteiger partial charge on any atom is 0.279 e. The topological polar surface area (TPSA) is 110 Å². The maximum atomic E-state index is 13.1. The molecule has 0 aliphatic heterocycles. The van der Waals surface area contributed by atoms with E-state index in [1.807, 2.05) is 49.3 Å². The van der Waals surface area contributed by atoms with Crippen LogP contribution in [0.25, 0.3) is 0 Å². The molecule has 2 aromatic rings. The first kappa shape index (κ1) is 21.0. The Morgan fingerprint density at radius 3 is 1.96 bits per heavy atom. The molecule has 0 fully saturated rings. The summed E-state index contributed by atoms with van der Waals surface area (Å²) in [6, 6.07) is 11.5. The molecule has 0 aliphatic rings. The summed E-state index contributed by atoms with van der Waals surface area (Å²) in [7, 11) is 3.74. The molecule has 0 saturated heterocycles. The Morgan fingerprint density at radius 2 is 1.50 bits per heavy atom. The number of likely N-dealkylation sites (N-methyl/N-ethyl adjacent to an activating group) is 1. The highest BCUT2D eigenvalue weighted by atomic mass is 16.6. The minimum absolute atomic E-state index is 0.0707. The van der Waals surface area contributed by atoms with Gasteiger partial charge < -0.3 is 9.80 Å². The van der Waals surface area contributed by atoms with Gasteiger partial charge in [0.2, 0.25) is 0 Å². The van der Waals surface area contributed by atoms with Gasteiger partial charge in [0.1, 0.15) is 5.56 Å². The van der Waals surface area contributed by atoms with Crippen LogP contribution in [0.1, 0.15) is 21.5 Å². The lowest BCUT2D eigenvalue weighted by Gasteiger charge is -2.24. The highest BCUT2D eigenvalue weighted by molar-refractivity contribution is 5.96. The average Bonchev–Trinajstić information content (AvgIpc) is 2.65. The van der Waals surface area contributed by atoms with Crippen molar-refractivity contribution in [1.82, 2.24) is 9.80 Å². The molecular weight excluding hydrogens is 364 g/mol. The third-order valence-electron chi connectivity index (χ3n) is 4.31. The number of nitro groups is 2. The molecule has 0 aliphatic carbocycles. The molecule has 0 spiro atoms. The Morgan fingerprint density at radius 1 is 0.964 bits per heavy atom. The molecule has 9 nitrogen and oxygen atoms in total. The number of carbonyl (C=O) groups is 1. The van der Waals surface area contributed by atoms with E-state index in [2.05, 4.69) is 0 Å². The van der Waals surface area contributed by atoms with Crippen molar-refractivity contribution in [3.8, 4) is 0 Å². The zero-order valence-corrected chi connectivity index (χ0v) is 16.0. The lowest BCUT2D eigenvalue weighted by Crippen LogP contribution is -2.36. The van der Waals surface area contributed by atoms with Crippen molar-refractivity contribution in [2.75, 3.05) is 27.2 Å². The van der Waals surface area contributed by atoms with Crippen LogP contribution in [0.2, 0.25) is 0 Å². The summed E-state index contributed by atoms with van der Waals surface area (Å²) in [4.78, 5) is 37.7. The van der Waals surface area contributed by atoms with Crippen LogP contribution in [0.15, 0.2) is 42.5 Å². The summed E-state index contributed by atoms with van der Waals surface area (Å²) in [5.74, 6) is -0.489. The van der Waals surface area contributed by atoms with Crippen molar-refractivity contribution in [3.05, 3.63) is 79.4 Å². The van der Waals surface area contributed by atoms with E-state index in [-0.39, 0.29) is 11.1 Å². The molecule has 0 unspecified atom stereocenters. The number of hydrogen-bond donors (Lipinski definition) is 0. The van der Waals surface area contributed by atoms with Crippen LogP contribution in [0, 0.1) is 27.2 Å². The molecule has 28 heavy (non-hydrogen) atoms. The zero-order valence-electron chi connectivity index (χ0n) is 16.0. The van der Waals surface area contributed by atoms with Crippen LogP contribution in [-0.4, -0.2) is 52.7 Å². The molecule has 0 atom stereocenters. The summed E-state index contributed by atoms with van der Waals surface area (Å²) < 4.78 is 0. The number of nitro benzene ring substituents is 2. The summed E-state index contributed by atoms with van der Waals surface area (Å²) in [5, 5.41) is 22.6. The van der Waals surface area contributed by atoms with Crippen molar-refractivity contribution >= 4 is 17.3 Å². The molecule has 0 radical (unpaired) electrons. The van der Waals surface area contributed by atoms with Crippen LogP contribution in [0.4, 0.5) is 11.4 Å². The Hall–Kier alpha value is -3.33. The predicted octanol–water partition coefficient (Wildman–Crippen LogP) is 3.02. The van der Waals surface area contributed by atoms with Crippen molar-refractivity contribution in [3.63, 3.8) is 0 Å². The first-order chi connectivity index (χ1) is 13.2. The minimum Gasteiger partial charge on any atom is -0.333 e. The molecule has 0 aromatic heterocycles. The summed E-state index contributed by atoms with van der Waals surface area (Å²) >= 11 is 0. The van der Waals surface area contributed by atoms with Gasteiger partial charge in [-0.25, -0.2) is 0 Å². The van der Waals surface area contributed by atoms with Gasteiger partial charge in [0.25, 0.3) is 17.3 Å². The second-order valence-corrected chi connectivity index (χ2v) is 6.67. The normalized spacial score (nSPS) is 10.7. The van der Waals surface area contributed by atoms with Crippen molar-refractivity contribution in [1.29, 1.82) is 0 Å². The standard InChI is InChI=1S/C19H22N4O5/c1-14-17(22(25)26)11-16(12-18(14)23(27)28)19(24)21(10-9-20(2)3)13-15-7-5-4-6-8-15/h4-8,11-12H,9-10,13H2,1-3H3. The maximum absolute atomic E-state index is 13.1. The summed E-state index contributed by atoms with van der Waals surface area (Å²) in [6.07, 6.45) is 0. The number of rotatable bonds is 8. The van der Waals surface area contributed by atoms with Crippen molar-refractivity contribution in [2.45, 2.75) is 13.5 Å². The first-order valence-corrected chi connectivity index (χ1v) is 8.62. The van der Waals surface area contributed by atoms with Crippen LogP contribution >= 0.6 is 0 Å². The fourth-order valence-corrected chi connectivity index (χ4v) is 2.75. The third-order valence-corrected chi connectivity index (χ3v) is 4.31. The number of hydrogen-bond acceptors (Lipinski definition) is 6. The van der Waals surface area contributed by atoms with Crippen molar-refractivity contribution < 1.29 is 14.6 Å². The van der Waals surface area contributed by atoms with Crippen molar-refractivity contribution in [2.24, 2.45) is 0 Å². The van der Waals surface area contributed by atoms with Gasteiger partial charge in [0.05, 0.1) is 15.4 Å². The van der Waals surface area contributed by atoms with Crippen LogP contribution < -0.4 is 0 Å². The van der Waals surface area contributed by atoms with Gasteiger partial charge in [-0.3, -0.25) is 25.0 Å². The molecule has 148 valence electrons. The molecule has 2 rings (SSSR count). The van der Waals surface area contributed by atoms with Gasteiger partial charge in [-0.1, -0.05) is 30.3 Å². The summed E-state index contributed by atoms with van der Waals surface area (Å²) in [6.45, 7) is 2.55. The van der Waals surface area contributed by atoms with E-state index in [4.69, 9.17) is 0 Å². The molecule has 0 heterocycles. The van der Waals surface area contributed by atoms with Crippen LogP contribution in [-0.2, 0) is 6.54 Å². The van der Waals surface area contributed by atoms with E-state index in [9.17, 15) is 25.0 Å². The van der Waals surface area contributed by atoms with Crippen LogP contribution in [0.5, 0.6) is 0 Å². The number of amides is 1. The average molecular weight is 386 g/mol. The second kappa shape index (κ2) is 9.05. The highest BCUT2D eigenvalue weighted by Crippen LogP contribution is 2.30. The van der Waals surface area contributed by atoms with E-state index in [0.717, 1.165) is 17.7 Å². The SMILES string of the molecule is Cc1c([N+](=O)[O-])cc(C(=O)N(CCN(C)C)Cc2ccccc2)cc1[N+](=O)[O-]. The van der Waals surface area contributed by atoms with Gasteiger partial charge in [-0.2, -0.15) is 0 Å². The third kappa shape index (κ3) is 5.10. The van der Waals surface area contributed by atoms with E-state index < -0.39 is 27.1 Å². The first-order valence-electron chi connectivity index (χ1n) is 8.62. The molecular formula is C19H22N4O5. The Kier molecular flexibility index (Phi) is 6.78. The Bertz CT molecular complexity index is 848. The van der Waals surface area contributed by atoms with E-state index in [0.29, 0.717) is 19.6 Å². The quantitative estimate of drug-likeness (QED) is 0.509. The zero-order chi connectivity index (χ0) is 20.8. The summed E-state index contributed by atoms with van der Waals surface area (Å²) in [5.41, 5.74) is -0.131. The van der Waals surface area contributed by atoms with Gasteiger partial charge in [0, 0.05) is 31.8 Å². The second-order valence-electron chi connectivity index (χ2n) is 6.67. The monoisotopic (exact) mass is 386 g/mol. The van der Waals surface area contributed by atoms with Gasteiger partial charge in [-0.15, -0.1) is 0 Å². The minimum atomic E-state index is -0.708. The van der Waals surface area contributed by atoms with E-state index in [1.54, 1.807) is 0 Å². The lowest BCUT2D eigenvalue weighted by atomic mass is 10.1. The highest BCUT2D eigenvalue weighted by Gasteiger charge is 2.27. The van der Waals surface area contributed by atoms with E-state index >= 15 is 0 Å². The van der Waals surface area contributed by atoms with Crippen LogP contribution in [0.3, 0.4) is 0 Å². The Balaban J connectivity index is 2.44. The molecule has 0 bridgehead atoms.